The summed E-state index contributed by atoms with van der Waals surface area (Å²) in [6.45, 7) is 0. The minimum Gasteiger partial charge on any atom is -0.167 e. The van der Waals surface area contributed by atoms with Crippen LogP contribution >= 0.6 is 7.81 Å². The number of aromatic nitrogens is 1. The average Bonchev–Trinajstić information content (AvgIpc) is 2.13. The van der Waals surface area contributed by atoms with E-state index in [9.17, 15) is 25.2 Å². The first kappa shape index (κ1) is 13.7. The smallest absolute Gasteiger partial charge is 0.167 e. The molecule has 0 saturated heterocycles. The van der Waals surface area contributed by atoms with Gasteiger partial charge in [-0.05, 0) is 12.1 Å². The molecule has 0 amide bonds. The second-order valence-corrected chi connectivity index (χ2v) is 5.11. The van der Waals surface area contributed by atoms with Crippen molar-refractivity contribution >= 4 is 13.3 Å². The zero-order valence-electron chi connectivity index (χ0n) is 8.28. The van der Waals surface area contributed by atoms with Crippen LogP contribution < -0.4 is 4.40 Å². The van der Waals surface area contributed by atoms with Crippen LogP contribution in [0.1, 0.15) is 0 Å². The summed E-state index contributed by atoms with van der Waals surface area (Å²) in [4.78, 5) is 0. The van der Waals surface area contributed by atoms with Gasteiger partial charge in [0.2, 0.25) is 5.52 Å². The van der Waals surface area contributed by atoms with Crippen LogP contribution in [0.3, 0.4) is 0 Å². The van der Waals surface area contributed by atoms with Gasteiger partial charge in [0.25, 0.3) is 0 Å². The fourth-order valence-corrected chi connectivity index (χ4v) is 1.04. The number of nitrogens with zero attached hydrogens (tertiary/aromatic N) is 1. The molecule has 0 aromatic carbocycles. The Morgan fingerprint density at radius 2 is 1.06 bits per heavy atom. The van der Waals surface area contributed by atoms with Gasteiger partial charge in [-0.25, -0.2) is 0 Å². The summed E-state index contributed by atoms with van der Waals surface area (Å²) in [6.07, 6.45) is 4.07. The van der Waals surface area contributed by atoms with E-state index in [4.69, 9.17) is 0 Å². The zero-order valence-corrected chi connectivity index (χ0v) is 9.18. The van der Waals surface area contributed by atoms with E-state index in [-0.39, 0.29) is 0 Å². The quantitative estimate of drug-likeness (QED) is 0.369. The first-order valence-corrected chi connectivity index (χ1v) is 6.36. The Bertz CT molecular complexity index is 444. The summed E-state index contributed by atoms with van der Waals surface area (Å²) in [5.74, 6) is 0. The molecule has 1 nitrogen and oxygen atoms in total. The van der Waals surface area contributed by atoms with Crippen molar-refractivity contribution in [3.63, 3.8) is 0 Å². The average molecular weight is 275 g/mol. The maximum absolute atomic E-state index is 10.7. The Balaban J connectivity index is 0.000000185. The standard InChI is InChI=1S/C9H8N.F6P/c1-3-7-10-8-4-2-6-9(10)5-1;1-7(2,3,4,5)6/h1-8H;/q+1;-1. The number of hydrogen-bond acceptors (Lipinski definition) is 0. The van der Waals surface area contributed by atoms with Crippen LogP contribution in [0.5, 0.6) is 0 Å². The molecule has 0 spiro atoms. The molecule has 2 aromatic heterocycles. The largest absolute Gasteiger partial charge is 0.210 e. The maximum atomic E-state index is 9.87. The summed E-state index contributed by atoms with van der Waals surface area (Å²) < 4.78 is 61.3. The Hall–Kier alpha value is -1.36. The van der Waals surface area contributed by atoms with Gasteiger partial charge in [0.15, 0.2) is 12.4 Å². The molecule has 0 saturated carbocycles. The first-order chi connectivity index (χ1) is 7.42. The third-order valence-electron chi connectivity index (χ3n) is 1.55. The molecule has 2 rings (SSSR count). The van der Waals surface area contributed by atoms with Crippen LogP contribution in [-0.2, 0) is 0 Å². The number of fused-ring (bicyclic) bond motifs is 1. The van der Waals surface area contributed by atoms with Crippen molar-refractivity contribution < 1.29 is 29.6 Å². The molecule has 0 aliphatic carbocycles. The van der Waals surface area contributed by atoms with Gasteiger partial charge in [-0.15, -0.1) is 0 Å². The van der Waals surface area contributed by atoms with Gasteiger partial charge < -0.3 is 0 Å². The van der Waals surface area contributed by atoms with Crippen molar-refractivity contribution in [3.8, 4) is 0 Å². The van der Waals surface area contributed by atoms with E-state index in [0.717, 1.165) is 0 Å². The third kappa shape index (κ3) is 8.45. The van der Waals surface area contributed by atoms with Crippen LogP contribution in [0.15, 0.2) is 48.8 Å². The van der Waals surface area contributed by atoms with Gasteiger partial charge in [-0.1, -0.05) is 0 Å². The van der Waals surface area contributed by atoms with Crippen molar-refractivity contribution in [1.82, 2.24) is 0 Å². The molecule has 0 atom stereocenters. The molecule has 2 aromatic rings. The molecule has 0 radical (unpaired) electrons. The van der Waals surface area contributed by atoms with E-state index < -0.39 is 7.81 Å². The molecule has 17 heavy (non-hydrogen) atoms. The molecular formula is C9H8F6NP. The van der Waals surface area contributed by atoms with E-state index >= 15 is 0 Å². The number of pyridine rings is 2. The summed E-state index contributed by atoms with van der Waals surface area (Å²) in [5, 5.41) is 0. The minimum absolute atomic E-state index is 1.23. The van der Waals surface area contributed by atoms with E-state index in [2.05, 4.69) is 16.5 Å². The Morgan fingerprint density at radius 3 is 1.35 bits per heavy atom. The number of rotatable bonds is 0. The monoisotopic (exact) mass is 275 g/mol. The van der Waals surface area contributed by atoms with Crippen molar-refractivity contribution in [2.24, 2.45) is 0 Å². The van der Waals surface area contributed by atoms with Gasteiger partial charge in [0.05, 0.1) is 0 Å². The van der Waals surface area contributed by atoms with Crippen LogP contribution in [0.25, 0.3) is 5.52 Å². The summed E-state index contributed by atoms with van der Waals surface area (Å²) in [7, 11) is -10.7. The van der Waals surface area contributed by atoms with Gasteiger partial charge in [0.1, 0.15) is 0 Å². The normalized spacial score (nSPS) is 15.4. The molecule has 0 fully saturated rings. The van der Waals surface area contributed by atoms with Crippen molar-refractivity contribution in [2.75, 3.05) is 0 Å². The summed E-state index contributed by atoms with van der Waals surface area (Å²) in [5.41, 5.74) is 1.23. The van der Waals surface area contributed by atoms with Gasteiger partial charge in [-0.3, -0.25) is 0 Å². The van der Waals surface area contributed by atoms with E-state index in [0.29, 0.717) is 0 Å². The van der Waals surface area contributed by atoms with Crippen LogP contribution in [0.2, 0.25) is 0 Å². The predicted octanol–water partition coefficient (Wildman–Crippen LogP) is 4.81. The SMILES string of the molecule is F[P-](F)(F)(F)(F)F.c1cc[n+]2ccccc2c1. The van der Waals surface area contributed by atoms with Gasteiger partial charge >= 0.3 is 33.0 Å². The van der Waals surface area contributed by atoms with Gasteiger partial charge in [0, 0.05) is 24.3 Å². The molecule has 0 N–H and O–H groups in total. The fraction of sp³-hybridized carbons (Fsp3) is 0. The Kier molecular flexibility index (Phi) is 2.87. The maximum Gasteiger partial charge on any atom is 0.210 e. The molecule has 2 heterocycles. The van der Waals surface area contributed by atoms with Crippen LogP contribution in [-0.4, -0.2) is 0 Å². The van der Waals surface area contributed by atoms with E-state index in [1.807, 2.05) is 36.7 Å². The Labute approximate surface area is 92.5 Å². The second-order valence-electron chi connectivity index (χ2n) is 3.19. The summed E-state index contributed by atoms with van der Waals surface area (Å²) in [6, 6.07) is 12.3. The predicted molar refractivity (Wildman–Crippen MR) is 53.2 cm³/mol. The van der Waals surface area contributed by atoms with E-state index in [1.165, 1.54) is 5.52 Å². The fourth-order valence-electron chi connectivity index (χ4n) is 1.04. The van der Waals surface area contributed by atoms with Crippen molar-refractivity contribution in [2.45, 2.75) is 0 Å². The minimum atomic E-state index is -10.7. The zero-order chi connectivity index (χ0) is 13.2. The van der Waals surface area contributed by atoms with E-state index in [1.54, 1.807) is 0 Å². The Morgan fingerprint density at radius 1 is 0.706 bits per heavy atom. The third-order valence-corrected chi connectivity index (χ3v) is 1.55. The van der Waals surface area contributed by atoms with Crippen molar-refractivity contribution in [1.29, 1.82) is 0 Å². The van der Waals surface area contributed by atoms with Crippen molar-refractivity contribution in [3.05, 3.63) is 48.8 Å². The second kappa shape index (κ2) is 3.57. The molecule has 0 aliphatic rings. The molecule has 0 aliphatic heterocycles. The number of halogens is 6. The molecule has 96 valence electrons. The molecule has 0 unspecified atom stereocenters. The molecular weight excluding hydrogens is 267 g/mol. The van der Waals surface area contributed by atoms with Crippen LogP contribution in [0.4, 0.5) is 25.2 Å². The molecule has 0 bridgehead atoms. The summed E-state index contributed by atoms with van der Waals surface area (Å²) >= 11 is 0. The van der Waals surface area contributed by atoms with Crippen LogP contribution in [0, 0.1) is 0 Å². The topological polar surface area (TPSA) is 4.10 Å². The first-order valence-electron chi connectivity index (χ1n) is 4.33. The molecule has 8 heteroatoms. The number of hydrogen-bond donors (Lipinski definition) is 0. The van der Waals surface area contributed by atoms with Gasteiger partial charge in [-0.2, -0.15) is 4.40 Å².